The summed E-state index contributed by atoms with van der Waals surface area (Å²) in [5, 5.41) is 15.3. The molecule has 2 unspecified atom stereocenters. The molecular weight excluding hydrogens is 238 g/mol. The first-order valence-corrected chi connectivity index (χ1v) is 5.76. The van der Waals surface area contributed by atoms with Crippen molar-refractivity contribution in [1.29, 1.82) is 0 Å². The Labute approximate surface area is 104 Å². The van der Waals surface area contributed by atoms with Crippen molar-refractivity contribution in [3.05, 3.63) is 18.0 Å². The van der Waals surface area contributed by atoms with Crippen LogP contribution in [0.3, 0.4) is 0 Å². The van der Waals surface area contributed by atoms with Crippen LogP contribution >= 0.6 is 0 Å². The highest BCUT2D eigenvalue weighted by Gasteiger charge is 2.37. The number of carboxylic acids is 1. The highest BCUT2D eigenvalue weighted by molar-refractivity contribution is 5.78. The van der Waals surface area contributed by atoms with Crippen molar-refractivity contribution >= 4 is 12.0 Å². The minimum Gasteiger partial charge on any atom is -0.481 e. The lowest BCUT2D eigenvalue weighted by molar-refractivity contribution is -0.142. The van der Waals surface area contributed by atoms with Gasteiger partial charge in [0, 0.05) is 18.7 Å². The summed E-state index contributed by atoms with van der Waals surface area (Å²) in [4.78, 5) is 24.4. The first-order valence-electron chi connectivity index (χ1n) is 5.76. The molecule has 1 aliphatic rings. The highest BCUT2D eigenvalue weighted by atomic mass is 16.5. The van der Waals surface area contributed by atoms with E-state index in [2.05, 4.69) is 15.0 Å². The Bertz CT molecular complexity index is 432. The molecule has 1 fully saturated rings. The zero-order valence-electron chi connectivity index (χ0n) is 10.00. The predicted molar refractivity (Wildman–Crippen MR) is 60.6 cm³/mol. The molecule has 2 rings (SSSR count). The Hall–Kier alpha value is -2.05. The van der Waals surface area contributed by atoms with E-state index in [0.717, 1.165) is 0 Å². The lowest BCUT2D eigenvalue weighted by Crippen LogP contribution is -2.43. The van der Waals surface area contributed by atoms with Crippen LogP contribution in [-0.2, 0) is 11.3 Å². The van der Waals surface area contributed by atoms with Crippen LogP contribution < -0.4 is 5.32 Å². The minimum absolute atomic E-state index is 0.269. The van der Waals surface area contributed by atoms with Gasteiger partial charge in [0.15, 0.2) is 0 Å². The van der Waals surface area contributed by atoms with Crippen molar-refractivity contribution in [2.75, 3.05) is 6.54 Å². The average molecular weight is 253 g/mol. The van der Waals surface area contributed by atoms with Crippen molar-refractivity contribution in [3.63, 3.8) is 0 Å². The molecule has 2 amide bonds. The average Bonchev–Trinajstić information content (AvgIpc) is 2.94. The zero-order valence-corrected chi connectivity index (χ0v) is 10.00. The molecule has 1 aromatic rings. The number of carbonyl (C=O) groups is 2. The second kappa shape index (κ2) is 5.07. The number of carbonyl (C=O) groups excluding carboxylic acids is 1. The number of nitrogens with one attached hydrogen (secondary N) is 1. The molecule has 18 heavy (non-hydrogen) atoms. The van der Waals surface area contributed by atoms with E-state index in [1.165, 1.54) is 6.26 Å². The topological polar surface area (TPSA) is 95.7 Å². The van der Waals surface area contributed by atoms with Crippen molar-refractivity contribution < 1.29 is 19.2 Å². The normalized spacial score (nSPS) is 23.1. The largest absolute Gasteiger partial charge is 0.481 e. The van der Waals surface area contributed by atoms with E-state index in [-0.39, 0.29) is 18.6 Å². The van der Waals surface area contributed by atoms with E-state index in [0.29, 0.717) is 18.7 Å². The van der Waals surface area contributed by atoms with Crippen LogP contribution in [0.2, 0.25) is 0 Å². The maximum atomic E-state index is 11.9. The van der Waals surface area contributed by atoms with Gasteiger partial charge in [0.1, 0.15) is 12.0 Å². The lowest BCUT2D eigenvalue weighted by Gasteiger charge is -2.23. The molecule has 1 saturated heterocycles. The fourth-order valence-corrected chi connectivity index (χ4v) is 2.15. The van der Waals surface area contributed by atoms with Crippen LogP contribution in [0.25, 0.3) is 0 Å². The Morgan fingerprint density at radius 2 is 2.44 bits per heavy atom. The van der Waals surface area contributed by atoms with Gasteiger partial charge in [-0.15, -0.1) is 0 Å². The van der Waals surface area contributed by atoms with Gasteiger partial charge >= 0.3 is 12.0 Å². The van der Waals surface area contributed by atoms with Gasteiger partial charge in [-0.3, -0.25) is 4.79 Å². The van der Waals surface area contributed by atoms with E-state index >= 15 is 0 Å². The molecule has 1 aromatic heterocycles. The summed E-state index contributed by atoms with van der Waals surface area (Å²) in [7, 11) is 0. The number of carboxylic acid groups (broad SMARTS) is 1. The number of likely N-dealkylation sites (tertiary alicyclic amines) is 1. The van der Waals surface area contributed by atoms with Gasteiger partial charge in [0.05, 0.1) is 12.5 Å². The molecule has 0 bridgehead atoms. The van der Waals surface area contributed by atoms with E-state index in [4.69, 9.17) is 5.11 Å². The van der Waals surface area contributed by atoms with Crippen molar-refractivity contribution in [2.24, 2.45) is 5.92 Å². The molecule has 7 heteroatoms. The number of urea groups is 1. The molecule has 2 atom stereocenters. The quantitative estimate of drug-likeness (QED) is 0.825. The van der Waals surface area contributed by atoms with Crippen LogP contribution in [0, 0.1) is 5.92 Å². The first kappa shape index (κ1) is 12.4. The summed E-state index contributed by atoms with van der Waals surface area (Å²) in [5.41, 5.74) is 0.630. The Morgan fingerprint density at radius 1 is 1.67 bits per heavy atom. The molecule has 0 aromatic carbocycles. The summed E-state index contributed by atoms with van der Waals surface area (Å²) >= 11 is 0. The molecule has 0 spiro atoms. The van der Waals surface area contributed by atoms with E-state index in [9.17, 15) is 9.59 Å². The number of hydrogen-bond donors (Lipinski definition) is 2. The molecule has 98 valence electrons. The third kappa shape index (κ3) is 2.44. The first-order chi connectivity index (χ1) is 8.59. The van der Waals surface area contributed by atoms with Gasteiger partial charge < -0.3 is 19.8 Å². The van der Waals surface area contributed by atoms with Crippen molar-refractivity contribution in [1.82, 2.24) is 15.4 Å². The maximum Gasteiger partial charge on any atom is 0.317 e. The monoisotopic (exact) mass is 253 g/mol. The molecule has 7 nitrogen and oxygen atoms in total. The van der Waals surface area contributed by atoms with Gasteiger partial charge in [-0.2, -0.15) is 0 Å². The molecule has 0 aliphatic carbocycles. The number of hydrogen-bond acceptors (Lipinski definition) is 4. The fourth-order valence-electron chi connectivity index (χ4n) is 2.15. The molecule has 0 radical (unpaired) electrons. The molecule has 1 aliphatic heterocycles. The van der Waals surface area contributed by atoms with Crippen LogP contribution in [0.4, 0.5) is 4.79 Å². The standard InChI is InChI=1S/C11H15N3O4/c1-7-9(10(15)16)2-4-14(7)11(17)12-6-8-3-5-18-13-8/h3,5,7,9H,2,4,6H2,1H3,(H,12,17)(H,15,16). The number of nitrogens with zero attached hydrogens (tertiary/aromatic N) is 2. The summed E-state index contributed by atoms with van der Waals surface area (Å²) in [6, 6.07) is 1.10. The maximum absolute atomic E-state index is 11.9. The summed E-state index contributed by atoms with van der Waals surface area (Å²) in [6.45, 7) is 2.49. The fraction of sp³-hybridized carbons (Fsp3) is 0.545. The highest BCUT2D eigenvalue weighted by Crippen LogP contribution is 2.24. The molecule has 0 saturated carbocycles. The number of aromatic nitrogens is 1. The summed E-state index contributed by atoms with van der Waals surface area (Å²) < 4.78 is 4.65. The Balaban J connectivity index is 1.88. The van der Waals surface area contributed by atoms with Crippen LogP contribution in [0.15, 0.2) is 16.9 Å². The zero-order chi connectivity index (χ0) is 13.1. The lowest BCUT2D eigenvalue weighted by atomic mass is 10.0. The van der Waals surface area contributed by atoms with E-state index < -0.39 is 11.9 Å². The van der Waals surface area contributed by atoms with Gasteiger partial charge in [-0.05, 0) is 13.3 Å². The summed E-state index contributed by atoms with van der Waals surface area (Å²) in [6.07, 6.45) is 1.92. The van der Waals surface area contributed by atoms with Crippen LogP contribution in [0.5, 0.6) is 0 Å². The molecule has 2 heterocycles. The minimum atomic E-state index is -0.852. The van der Waals surface area contributed by atoms with Gasteiger partial charge in [-0.25, -0.2) is 4.79 Å². The molecule has 2 N–H and O–H groups in total. The predicted octanol–water partition coefficient (Wildman–Crippen LogP) is 0.679. The third-order valence-corrected chi connectivity index (χ3v) is 3.24. The van der Waals surface area contributed by atoms with Crippen LogP contribution in [-0.4, -0.2) is 39.8 Å². The van der Waals surface area contributed by atoms with E-state index in [1.807, 2.05) is 0 Å². The smallest absolute Gasteiger partial charge is 0.317 e. The number of aliphatic carboxylic acids is 1. The second-order valence-electron chi connectivity index (χ2n) is 4.32. The van der Waals surface area contributed by atoms with Crippen LogP contribution in [0.1, 0.15) is 19.0 Å². The summed E-state index contributed by atoms with van der Waals surface area (Å²) in [5.74, 6) is -1.34. The Morgan fingerprint density at radius 3 is 3.00 bits per heavy atom. The number of rotatable bonds is 3. The van der Waals surface area contributed by atoms with Gasteiger partial charge in [0.25, 0.3) is 0 Å². The SMILES string of the molecule is CC1C(C(=O)O)CCN1C(=O)NCc1ccon1. The second-order valence-corrected chi connectivity index (χ2v) is 4.32. The van der Waals surface area contributed by atoms with E-state index in [1.54, 1.807) is 17.9 Å². The van der Waals surface area contributed by atoms with Crippen molar-refractivity contribution in [2.45, 2.75) is 25.9 Å². The Kier molecular flexibility index (Phi) is 3.50. The molecular formula is C11H15N3O4. The third-order valence-electron chi connectivity index (χ3n) is 3.24. The number of amides is 2. The van der Waals surface area contributed by atoms with Crippen molar-refractivity contribution in [3.8, 4) is 0 Å². The van der Waals surface area contributed by atoms with Gasteiger partial charge in [-0.1, -0.05) is 5.16 Å². The van der Waals surface area contributed by atoms with Gasteiger partial charge in [0.2, 0.25) is 0 Å².